The number of allylic oxidation sites excluding steroid dienone is 1. The van der Waals surface area contributed by atoms with Crippen LogP contribution < -0.4 is 0 Å². The summed E-state index contributed by atoms with van der Waals surface area (Å²) in [6.07, 6.45) is 10.0. The lowest BCUT2D eigenvalue weighted by atomic mass is 9.95. The van der Waals surface area contributed by atoms with Gasteiger partial charge in [0, 0.05) is 72.6 Å². The van der Waals surface area contributed by atoms with E-state index in [1.807, 2.05) is 12.4 Å². The van der Waals surface area contributed by atoms with E-state index in [0.717, 1.165) is 25.0 Å². The fraction of sp³-hybridized carbons (Fsp3) is 0.300. The molecule has 2 unspecified atom stereocenters. The van der Waals surface area contributed by atoms with Crippen molar-refractivity contribution < 1.29 is 0 Å². The summed E-state index contributed by atoms with van der Waals surface area (Å²) < 4.78 is 0. The van der Waals surface area contributed by atoms with Crippen molar-refractivity contribution in [3.8, 4) is 11.1 Å². The normalized spacial score (nSPS) is 22.3. The number of likely N-dealkylation sites (tertiary alicyclic amines) is 1. The van der Waals surface area contributed by atoms with Crippen LogP contribution in [0.25, 0.3) is 27.6 Å². The highest BCUT2D eigenvalue weighted by atomic mass is 15.3. The molecule has 0 radical (unpaired) electrons. The number of aromatic nitrogens is 2. The summed E-state index contributed by atoms with van der Waals surface area (Å²) >= 11 is 0. The van der Waals surface area contributed by atoms with Crippen LogP contribution in [0.2, 0.25) is 0 Å². The van der Waals surface area contributed by atoms with Gasteiger partial charge in [0.25, 0.3) is 0 Å². The lowest BCUT2D eigenvalue weighted by Gasteiger charge is -2.38. The maximum absolute atomic E-state index is 4.85. The minimum Gasteiger partial charge on any atom is -0.361 e. The molecule has 2 aliphatic heterocycles. The third kappa shape index (κ3) is 3.32. The van der Waals surface area contributed by atoms with Gasteiger partial charge in [-0.1, -0.05) is 42.5 Å². The van der Waals surface area contributed by atoms with Crippen molar-refractivity contribution in [1.82, 2.24) is 19.8 Å². The second-order valence-electron chi connectivity index (χ2n) is 10.2. The number of aromatic amines is 1. The molecule has 3 aliphatic rings. The molecule has 0 spiro atoms. The smallest absolute Gasteiger partial charge is 0.0520 e. The number of pyridine rings is 1. The summed E-state index contributed by atoms with van der Waals surface area (Å²) in [6.45, 7) is 3.45. The molecule has 34 heavy (non-hydrogen) atoms. The second kappa shape index (κ2) is 7.93. The monoisotopic (exact) mass is 446 g/mol. The van der Waals surface area contributed by atoms with Gasteiger partial charge in [-0.2, -0.15) is 0 Å². The maximum atomic E-state index is 4.85. The van der Waals surface area contributed by atoms with Gasteiger partial charge in [-0.25, -0.2) is 0 Å². The molecule has 2 aromatic heterocycles. The van der Waals surface area contributed by atoms with Crippen LogP contribution in [0.3, 0.4) is 0 Å². The molecular formula is C30H30N4. The molecular weight excluding hydrogens is 416 g/mol. The van der Waals surface area contributed by atoms with Gasteiger partial charge >= 0.3 is 0 Å². The standard InChI is InChI=1S/C30H30N4/c1-33-23-9-10-24(33)19-34(18-23)17-20-5-7-21(8-6-20)22-15-28-26(11-12-30(28)32-16-22)25-3-2-4-29-27(25)13-14-31-29/h2-8,11,13-16,23-24,31H,9-10,12,17-19H2,1H3. The number of rotatable bonds is 4. The molecule has 4 nitrogen and oxygen atoms in total. The van der Waals surface area contributed by atoms with Gasteiger partial charge in [-0.05, 0) is 60.4 Å². The first-order valence-electron chi connectivity index (χ1n) is 12.5. The van der Waals surface area contributed by atoms with Crippen molar-refractivity contribution in [2.24, 2.45) is 0 Å². The Bertz CT molecular complexity index is 1380. The van der Waals surface area contributed by atoms with E-state index in [1.165, 1.54) is 75.9 Å². The van der Waals surface area contributed by atoms with E-state index in [2.05, 4.69) is 82.5 Å². The molecule has 1 N–H and O–H groups in total. The number of benzene rings is 2. The molecule has 2 bridgehead atoms. The molecule has 1 aliphatic carbocycles. The van der Waals surface area contributed by atoms with Gasteiger partial charge in [0.2, 0.25) is 0 Å². The predicted octanol–water partition coefficient (Wildman–Crippen LogP) is 5.50. The summed E-state index contributed by atoms with van der Waals surface area (Å²) in [5.41, 5.74) is 10.0. The van der Waals surface area contributed by atoms with Gasteiger partial charge in [0.15, 0.2) is 0 Å². The SMILES string of the molecule is CN1C2CCC1CN(Cc1ccc(-c3cnc4c(c3)C(c3cccc5[nH]ccc35)=CC4)cc1)C2. The quantitative estimate of drug-likeness (QED) is 0.450. The zero-order valence-electron chi connectivity index (χ0n) is 19.7. The number of likely N-dealkylation sites (N-methyl/N-ethyl adjacent to an activating group) is 1. The Morgan fingerprint density at radius 3 is 2.59 bits per heavy atom. The third-order valence-electron chi connectivity index (χ3n) is 8.26. The van der Waals surface area contributed by atoms with Crippen LogP contribution in [0.1, 0.15) is 35.2 Å². The average Bonchev–Trinajstić information content (AvgIpc) is 3.55. The molecule has 0 amide bonds. The minimum atomic E-state index is 0.745. The topological polar surface area (TPSA) is 35.2 Å². The van der Waals surface area contributed by atoms with E-state index < -0.39 is 0 Å². The summed E-state index contributed by atoms with van der Waals surface area (Å²) in [4.78, 5) is 13.4. The van der Waals surface area contributed by atoms with Gasteiger partial charge in [0.05, 0.1) is 5.69 Å². The van der Waals surface area contributed by atoms with Crippen LogP contribution in [-0.2, 0) is 13.0 Å². The number of hydrogen-bond acceptors (Lipinski definition) is 3. The van der Waals surface area contributed by atoms with Gasteiger partial charge < -0.3 is 4.98 Å². The van der Waals surface area contributed by atoms with Crippen LogP contribution in [0.4, 0.5) is 0 Å². The molecule has 7 rings (SSSR count). The van der Waals surface area contributed by atoms with Crippen LogP contribution in [0.5, 0.6) is 0 Å². The molecule has 4 heteroatoms. The Morgan fingerprint density at radius 1 is 0.941 bits per heavy atom. The van der Waals surface area contributed by atoms with Crippen molar-refractivity contribution in [2.45, 2.75) is 37.9 Å². The summed E-state index contributed by atoms with van der Waals surface area (Å²) in [7, 11) is 2.30. The van der Waals surface area contributed by atoms with E-state index in [4.69, 9.17) is 4.98 Å². The number of fused-ring (bicyclic) bond motifs is 4. The molecule has 2 aromatic carbocycles. The predicted molar refractivity (Wildman–Crippen MR) is 139 cm³/mol. The van der Waals surface area contributed by atoms with Crippen molar-refractivity contribution in [1.29, 1.82) is 0 Å². The molecule has 2 saturated heterocycles. The summed E-state index contributed by atoms with van der Waals surface area (Å²) in [5, 5.41) is 1.27. The van der Waals surface area contributed by atoms with E-state index in [9.17, 15) is 0 Å². The Morgan fingerprint density at radius 2 is 1.76 bits per heavy atom. The number of H-pyrrole nitrogens is 1. The fourth-order valence-corrected chi connectivity index (χ4v) is 6.32. The summed E-state index contributed by atoms with van der Waals surface area (Å²) in [6, 6.07) is 21.6. The first-order valence-corrected chi connectivity index (χ1v) is 12.5. The van der Waals surface area contributed by atoms with E-state index >= 15 is 0 Å². The zero-order chi connectivity index (χ0) is 22.6. The summed E-state index contributed by atoms with van der Waals surface area (Å²) in [5.74, 6) is 0. The molecule has 2 fully saturated rings. The molecule has 0 saturated carbocycles. The van der Waals surface area contributed by atoms with E-state index in [-0.39, 0.29) is 0 Å². The van der Waals surface area contributed by atoms with Crippen LogP contribution in [0, 0.1) is 0 Å². The largest absolute Gasteiger partial charge is 0.361 e. The Balaban J connectivity index is 1.14. The average molecular weight is 447 g/mol. The molecule has 2 atom stereocenters. The second-order valence-corrected chi connectivity index (χ2v) is 10.2. The first kappa shape index (κ1) is 20.2. The highest BCUT2D eigenvalue weighted by Gasteiger charge is 2.37. The number of nitrogens with zero attached hydrogens (tertiary/aromatic N) is 3. The fourth-order valence-electron chi connectivity index (χ4n) is 6.32. The third-order valence-corrected chi connectivity index (χ3v) is 8.26. The zero-order valence-corrected chi connectivity index (χ0v) is 19.7. The molecule has 170 valence electrons. The van der Waals surface area contributed by atoms with Crippen LogP contribution in [0.15, 0.2) is 73.1 Å². The maximum Gasteiger partial charge on any atom is 0.0520 e. The Hall–Kier alpha value is -3.21. The molecule has 4 aromatic rings. The number of nitrogens with one attached hydrogen (secondary N) is 1. The highest BCUT2D eigenvalue weighted by molar-refractivity contribution is 5.98. The lowest BCUT2D eigenvalue weighted by Crippen LogP contribution is -2.51. The van der Waals surface area contributed by atoms with Gasteiger partial charge in [-0.15, -0.1) is 0 Å². The van der Waals surface area contributed by atoms with Crippen LogP contribution >= 0.6 is 0 Å². The van der Waals surface area contributed by atoms with Crippen molar-refractivity contribution >= 4 is 16.5 Å². The highest BCUT2D eigenvalue weighted by Crippen LogP contribution is 2.37. The number of hydrogen-bond donors (Lipinski definition) is 1. The van der Waals surface area contributed by atoms with Gasteiger partial charge in [0.1, 0.15) is 0 Å². The number of piperazine rings is 1. The van der Waals surface area contributed by atoms with E-state index in [1.54, 1.807) is 0 Å². The van der Waals surface area contributed by atoms with Crippen molar-refractivity contribution in [3.63, 3.8) is 0 Å². The first-order chi connectivity index (χ1) is 16.7. The molecule has 4 heterocycles. The Kier molecular flexibility index (Phi) is 4.71. The van der Waals surface area contributed by atoms with Gasteiger partial charge in [-0.3, -0.25) is 14.8 Å². The minimum absolute atomic E-state index is 0.745. The van der Waals surface area contributed by atoms with E-state index in [0.29, 0.717) is 0 Å². The Labute approximate surface area is 200 Å². The lowest BCUT2D eigenvalue weighted by molar-refractivity contribution is 0.0837. The van der Waals surface area contributed by atoms with Crippen LogP contribution in [-0.4, -0.2) is 52.0 Å². The van der Waals surface area contributed by atoms with Crippen molar-refractivity contribution in [3.05, 3.63) is 95.5 Å². The van der Waals surface area contributed by atoms with Crippen molar-refractivity contribution in [2.75, 3.05) is 20.1 Å².